The third-order valence-electron chi connectivity index (χ3n) is 1.80. The molecule has 0 radical (unpaired) electrons. The number of Topliss-reactive ketones (excluding diaryl/α,β-unsaturated/α-hetero) is 1. The van der Waals surface area contributed by atoms with Crippen LogP contribution in [0.5, 0.6) is 0 Å². The van der Waals surface area contributed by atoms with Crippen LogP contribution in [0.1, 0.15) is 16.8 Å². The largest absolute Gasteiger partial charge is 0.446 e. The number of thioether (sulfide) groups is 1. The summed E-state index contributed by atoms with van der Waals surface area (Å²) in [7, 11) is 0. The number of hydrogen-bond acceptors (Lipinski definition) is 2. The van der Waals surface area contributed by atoms with Gasteiger partial charge in [0.25, 0.3) is 0 Å². The molecule has 1 aromatic carbocycles. The second-order valence-corrected chi connectivity index (χ2v) is 5.33. The Kier molecular flexibility index (Phi) is 5.34. The molecular weight excluding hydrogens is 341 g/mol. The first kappa shape index (κ1) is 14.9. The second kappa shape index (κ2) is 6.11. The number of carbonyl (C=O) groups excluding carboxylic acids is 1. The van der Waals surface area contributed by atoms with Crippen LogP contribution in [0.2, 0.25) is 5.02 Å². The molecule has 0 aliphatic heterocycles. The van der Waals surface area contributed by atoms with Gasteiger partial charge in [-0.15, -0.1) is 0 Å². The Balaban J connectivity index is 3.13. The van der Waals surface area contributed by atoms with Crippen molar-refractivity contribution in [1.82, 2.24) is 0 Å². The van der Waals surface area contributed by atoms with Crippen LogP contribution in [0.25, 0.3) is 0 Å². The molecule has 7 heteroatoms. The highest BCUT2D eigenvalue weighted by Gasteiger charge is 2.31. The maximum Gasteiger partial charge on any atom is 0.446 e. The number of ketones is 1. The fourth-order valence-electron chi connectivity index (χ4n) is 1.20. The number of benzene rings is 1. The molecular formula is C10H7BrClF3OS. The number of hydrogen-bond donors (Lipinski definition) is 0. The SMILES string of the molecule is O=C(CCBr)c1c(Cl)cccc1SC(F)(F)F. The molecule has 94 valence electrons. The number of alkyl halides is 4. The minimum absolute atomic E-state index is 0.0465. The van der Waals surface area contributed by atoms with Crippen molar-refractivity contribution in [3.8, 4) is 0 Å². The normalized spacial score (nSPS) is 11.6. The van der Waals surface area contributed by atoms with E-state index in [0.717, 1.165) is 0 Å². The zero-order chi connectivity index (χ0) is 13.1. The molecule has 0 aliphatic carbocycles. The van der Waals surface area contributed by atoms with Gasteiger partial charge in [-0.05, 0) is 23.9 Å². The highest BCUT2D eigenvalue weighted by Crippen LogP contribution is 2.40. The van der Waals surface area contributed by atoms with E-state index in [2.05, 4.69) is 15.9 Å². The van der Waals surface area contributed by atoms with Crippen molar-refractivity contribution in [2.75, 3.05) is 5.33 Å². The van der Waals surface area contributed by atoms with Gasteiger partial charge in [0.1, 0.15) is 0 Å². The van der Waals surface area contributed by atoms with Crippen molar-refractivity contribution < 1.29 is 18.0 Å². The Bertz CT molecular complexity index is 423. The van der Waals surface area contributed by atoms with E-state index in [4.69, 9.17) is 11.6 Å². The summed E-state index contributed by atoms with van der Waals surface area (Å²) >= 11 is 8.51. The highest BCUT2D eigenvalue weighted by atomic mass is 79.9. The standard InChI is InChI=1S/C10H7BrClF3OS/c11-5-4-7(16)9-6(12)2-1-3-8(9)17-10(13,14)15/h1-3H,4-5H2. The van der Waals surface area contributed by atoms with Gasteiger partial charge in [-0.3, -0.25) is 4.79 Å². The molecule has 0 fully saturated rings. The van der Waals surface area contributed by atoms with Crippen molar-refractivity contribution in [1.29, 1.82) is 0 Å². The van der Waals surface area contributed by atoms with Crippen LogP contribution in [0.4, 0.5) is 13.2 Å². The third-order valence-corrected chi connectivity index (χ3v) is 3.30. The quantitative estimate of drug-likeness (QED) is 0.437. The number of rotatable bonds is 4. The average Bonchev–Trinajstić information content (AvgIpc) is 2.15. The molecule has 0 saturated heterocycles. The van der Waals surface area contributed by atoms with E-state index < -0.39 is 11.3 Å². The number of halogens is 5. The van der Waals surface area contributed by atoms with Crippen LogP contribution in [0.3, 0.4) is 0 Å². The summed E-state index contributed by atoms with van der Waals surface area (Å²) in [5, 5.41) is 0.429. The maximum absolute atomic E-state index is 12.3. The van der Waals surface area contributed by atoms with Gasteiger partial charge in [0.05, 0.1) is 10.6 Å². The second-order valence-electron chi connectivity index (χ2n) is 3.02. The van der Waals surface area contributed by atoms with Gasteiger partial charge in [0.2, 0.25) is 0 Å². The van der Waals surface area contributed by atoms with Gasteiger partial charge in [-0.25, -0.2) is 0 Å². The molecule has 17 heavy (non-hydrogen) atoms. The molecule has 0 atom stereocenters. The smallest absolute Gasteiger partial charge is 0.294 e. The zero-order valence-corrected chi connectivity index (χ0v) is 11.5. The predicted molar refractivity (Wildman–Crippen MR) is 66.1 cm³/mol. The maximum atomic E-state index is 12.3. The van der Waals surface area contributed by atoms with Crippen molar-refractivity contribution in [3.05, 3.63) is 28.8 Å². The lowest BCUT2D eigenvalue weighted by molar-refractivity contribution is -0.0328. The highest BCUT2D eigenvalue weighted by molar-refractivity contribution is 9.09. The van der Waals surface area contributed by atoms with E-state index in [1.54, 1.807) is 0 Å². The summed E-state index contributed by atoms with van der Waals surface area (Å²) in [5.74, 6) is -0.403. The van der Waals surface area contributed by atoms with Gasteiger partial charge in [0, 0.05) is 16.6 Å². The Labute approximate surface area is 114 Å². The molecule has 0 amide bonds. The van der Waals surface area contributed by atoms with Gasteiger partial charge in [-0.2, -0.15) is 13.2 Å². The molecule has 0 bridgehead atoms. The van der Waals surface area contributed by atoms with Crippen LogP contribution in [0, 0.1) is 0 Å². The molecule has 1 aromatic rings. The van der Waals surface area contributed by atoms with E-state index >= 15 is 0 Å². The first-order valence-electron chi connectivity index (χ1n) is 4.48. The Morgan fingerprint density at radius 2 is 2.06 bits per heavy atom. The molecule has 0 heterocycles. The van der Waals surface area contributed by atoms with Gasteiger partial charge in [-0.1, -0.05) is 33.6 Å². The molecule has 1 nitrogen and oxygen atoms in total. The first-order valence-corrected chi connectivity index (χ1v) is 6.80. The van der Waals surface area contributed by atoms with Crippen LogP contribution >= 0.6 is 39.3 Å². The topological polar surface area (TPSA) is 17.1 Å². The lowest BCUT2D eigenvalue weighted by Crippen LogP contribution is -2.06. The lowest BCUT2D eigenvalue weighted by Gasteiger charge is -2.11. The summed E-state index contributed by atoms with van der Waals surface area (Å²) in [6, 6.07) is 4.04. The van der Waals surface area contributed by atoms with Crippen molar-refractivity contribution in [2.24, 2.45) is 0 Å². The minimum Gasteiger partial charge on any atom is -0.294 e. The fourth-order valence-corrected chi connectivity index (χ4v) is 2.61. The van der Waals surface area contributed by atoms with Gasteiger partial charge >= 0.3 is 5.51 Å². The van der Waals surface area contributed by atoms with Crippen LogP contribution in [0.15, 0.2) is 23.1 Å². The molecule has 0 aliphatic rings. The fraction of sp³-hybridized carbons (Fsp3) is 0.300. The van der Waals surface area contributed by atoms with Gasteiger partial charge in [0.15, 0.2) is 5.78 Å². The average molecular weight is 348 g/mol. The van der Waals surface area contributed by atoms with Crippen LogP contribution < -0.4 is 0 Å². The predicted octanol–water partition coefficient (Wildman–Crippen LogP) is 4.92. The van der Waals surface area contributed by atoms with Crippen molar-refractivity contribution in [3.63, 3.8) is 0 Å². The Hall–Kier alpha value is -0.200. The Morgan fingerprint density at radius 3 is 2.59 bits per heavy atom. The number of carbonyl (C=O) groups is 1. The molecule has 1 rings (SSSR count). The molecule has 0 aromatic heterocycles. The summed E-state index contributed by atoms with van der Waals surface area (Å²) in [6.45, 7) is 0. The van der Waals surface area contributed by atoms with Crippen LogP contribution in [-0.4, -0.2) is 16.6 Å². The molecule has 0 N–H and O–H groups in total. The van der Waals surface area contributed by atoms with Crippen LogP contribution in [-0.2, 0) is 0 Å². The zero-order valence-electron chi connectivity index (χ0n) is 8.35. The molecule has 0 unspecified atom stereocenters. The first-order chi connectivity index (χ1) is 7.85. The van der Waals surface area contributed by atoms with E-state index in [1.165, 1.54) is 18.2 Å². The van der Waals surface area contributed by atoms with E-state index in [1.807, 2.05) is 0 Å². The lowest BCUT2D eigenvalue weighted by atomic mass is 10.1. The summed E-state index contributed by atoms with van der Waals surface area (Å²) in [4.78, 5) is 11.5. The van der Waals surface area contributed by atoms with E-state index in [0.29, 0.717) is 5.33 Å². The van der Waals surface area contributed by atoms with Crippen molar-refractivity contribution >= 4 is 45.1 Å². The summed E-state index contributed by atoms with van der Waals surface area (Å²) in [6.07, 6.45) is 0.106. The van der Waals surface area contributed by atoms with E-state index in [-0.39, 0.29) is 33.7 Å². The third kappa shape index (κ3) is 4.52. The van der Waals surface area contributed by atoms with E-state index in [9.17, 15) is 18.0 Å². The minimum atomic E-state index is -4.44. The summed E-state index contributed by atoms with van der Waals surface area (Å²) in [5.41, 5.74) is -4.50. The monoisotopic (exact) mass is 346 g/mol. The molecule has 0 saturated carbocycles. The molecule has 0 spiro atoms. The summed E-state index contributed by atoms with van der Waals surface area (Å²) < 4.78 is 36.9. The van der Waals surface area contributed by atoms with Crippen molar-refractivity contribution in [2.45, 2.75) is 16.8 Å². The Morgan fingerprint density at radius 1 is 1.41 bits per heavy atom. The van der Waals surface area contributed by atoms with Gasteiger partial charge < -0.3 is 0 Å².